The van der Waals surface area contributed by atoms with Gasteiger partial charge in [0.2, 0.25) is 0 Å². The van der Waals surface area contributed by atoms with Crippen LogP contribution in [-0.2, 0) is 25.8 Å². The Hall–Kier alpha value is 1.30. The van der Waals surface area contributed by atoms with Crippen LogP contribution in [0.3, 0.4) is 0 Å². The molecule has 0 N–H and O–H groups in total. The number of hydrogen-bond donors (Lipinski definition) is 0. The van der Waals surface area contributed by atoms with E-state index >= 15 is 0 Å². The molecule has 0 bridgehead atoms. The van der Waals surface area contributed by atoms with E-state index in [9.17, 15) is 0 Å². The molecule has 0 saturated carbocycles. The molecule has 2 heteroatoms. The summed E-state index contributed by atoms with van der Waals surface area (Å²) in [5, 5.41) is 0.417. The van der Waals surface area contributed by atoms with Crippen LogP contribution < -0.4 is 0 Å². The summed E-state index contributed by atoms with van der Waals surface area (Å²) in [6, 6.07) is 0. The van der Waals surface area contributed by atoms with Crippen molar-refractivity contribution in [2.24, 2.45) is 0 Å². The van der Waals surface area contributed by atoms with Gasteiger partial charge in [0.05, 0.1) is 0 Å². The fourth-order valence-corrected chi connectivity index (χ4v) is 0. The zero-order valence-corrected chi connectivity index (χ0v) is 11.3. The van der Waals surface area contributed by atoms with Crippen molar-refractivity contribution >= 4 is 9.24 Å². The van der Waals surface area contributed by atoms with Crippen molar-refractivity contribution in [1.29, 1.82) is 0 Å². The number of hydrogen-bond acceptors (Lipinski definition) is 0. The third kappa shape index (κ3) is 171. The van der Waals surface area contributed by atoms with Crippen LogP contribution in [0.25, 0.3) is 0 Å². The van der Waals surface area contributed by atoms with Crippen molar-refractivity contribution in [2.75, 3.05) is 0 Å². The zero-order valence-electron chi connectivity index (χ0n) is 6.58. The van der Waals surface area contributed by atoms with Gasteiger partial charge in [-0.25, -0.2) is 0 Å². The quantitative estimate of drug-likeness (QED) is 0.366. The summed E-state index contributed by atoms with van der Waals surface area (Å²) in [5.74, 6) is 0. The Labute approximate surface area is 75.8 Å². The maximum atomic E-state index is 2.72. The van der Waals surface area contributed by atoms with E-state index in [1.165, 1.54) is 0 Å². The Morgan fingerprint density at radius 3 is 1.00 bits per heavy atom. The molecule has 8 heavy (non-hydrogen) atoms. The Morgan fingerprint density at radius 2 is 1.00 bits per heavy atom. The third-order valence-electron chi connectivity index (χ3n) is 0. The van der Waals surface area contributed by atoms with Gasteiger partial charge in [0.15, 0.2) is 0 Å². The molecule has 0 aromatic carbocycles. The van der Waals surface area contributed by atoms with E-state index in [1.54, 1.807) is 0 Å². The molecule has 1 unspecified atom stereocenters. The van der Waals surface area contributed by atoms with Crippen molar-refractivity contribution in [2.45, 2.75) is 25.9 Å². The van der Waals surface area contributed by atoms with Gasteiger partial charge >= 0.3 is 0 Å². The van der Waals surface area contributed by atoms with E-state index in [-0.39, 0.29) is 40.7 Å². The van der Waals surface area contributed by atoms with E-state index in [0.717, 1.165) is 0 Å². The fraction of sp³-hybridized carbons (Fsp3) is 0.667. The monoisotopic (exact) mass is 300 g/mol. The van der Waals surface area contributed by atoms with E-state index in [4.69, 9.17) is 0 Å². The first kappa shape index (κ1) is 22.8. The molecule has 0 aliphatic rings. The molecule has 0 aromatic heterocycles. The van der Waals surface area contributed by atoms with Crippen molar-refractivity contribution < 1.29 is 25.8 Å². The van der Waals surface area contributed by atoms with Crippen LogP contribution in [0.2, 0.25) is 0 Å². The van der Waals surface area contributed by atoms with E-state index in [1.807, 2.05) is 0 Å². The third-order valence-corrected chi connectivity index (χ3v) is 0. The van der Waals surface area contributed by atoms with Gasteiger partial charge in [-0.3, -0.25) is 0 Å². The second-order valence-electron chi connectivity index (χ2n) is 2.37. The predicted molar refractivity (Wildman–Crippen MR) is 42.3 cm³/mol. The van der Waals surface area contributed by atoms with Crippen LogP contribution in [0.1, 0.15) is 20.8 Å². The Morgan fingerprint density at radius 1 is 1.00 bits per heavy atom. The minimum atomic E-state index is 0. The van der Waals surface area contributed by atoms with Gasteiger partial charge in [0.1, 0.15) is 0 Å². The molecule has 1 atom stereocenters. The summed E-state index contributed by atoms with van der Waals surface area (Å²) < 4.78 is 0. The van der Waals surface area contributed by atoms with Crippen LogP contribution >= 0.6 is 9.24 Å². The van der Waals surface area contributed by atoms with Gasteiger partial charge in [-0.1, -0.05) is 20.8 Å². The molecule has 0 fully saturated rings. The largest absolute Gasteiger partial charge is 0.358 e. The molecule has 0 spiro atoms. The molecule has 0 radical (unpaired) electrons. The van der Waals surface area contributed by atoms with Crippen molar-refractivity contribution in [1.82, 2.24) is 0 Å². The van der Waals surface area contributed by atoms with Crippen molar-refractivity contribution in [3.63, 3.8) is 0 Å². The second kappa shape index (κ2) is 8.30. The molecule has 0 heterocycles. The molecular weight excluding hydrogens is 282 g/mol. The SMILES string of the molecule is CC(C)(C)P.[CH3-].[CH3-].[Hf]. The van der Waals surface area contributed by atoms with Crippen LogP contribution in [0, 0.1) is 14.9 Å². The van der Waals surface area contributed by atoms with Gasteiger partial charge in [0.25, 0.3) is 0 Å². The summed E-state index contributed by atoms with van der Waals surface area (Å²) in [6.45, 7) is 6.45. The normalized spacial score (nSPS) is 7.50. The molecular formula is C6H17HfP-2. The maximum Gasteiger partial charge on any atom is 0 e. The minimum absolute atomic E-state index is 0. The Kier molecular flexibility index (Phi) is 23.7. The van der Waals surface area contributed by atoms with Gasteiger partial charge in [-0.15, -0.1) is 9.24 Å². The molecule has 0 amide bonds. The predicted octanol–water partition coefficient (Wildman–Crippen LogP) is 2.56. The standard InChI is InChI=1S/C4H11P.2CH3.Hf/c1-4(2,3)5;;;/h5H2,1-3H3;2*1H3;/q;2*-1;. The Balaban J connectivity index is -0.0000000267. The van der Waals surface area contributed by atoms with Gasteiger partial charge in [-0.05, 0) is 5.16 Å². The first-order valence-electron chi connectivity index (χ1n) is 1.79. The van der Waals surface area contributed by atoms with Crippen molar-refractivity contribution in [3.05, 3.63) is 14.9 Å². The first-order valence-corrected chi connectivity index (χ1v) is 2.37. The van der Waals surface area contributed by atoms with Crippen LogP contribution in [0.5, 0.6) is 0 Å². The fourth-order valence-electron chi connectivity index (χ4n) is 0. The van der Waals surface area contributed by atoms with Crippen LogP contribution in [0.15, 0.2) is 0 Å². The average Bonchev–Trinajstić information content (AvgIpc) is 0.722. The topological polar surface area (TPSA) is 0 Å². The summed E-state index contributed by atoms with van der Waals surface area (Å²) in [7, 11) is 2.72. The molecule has 0 nitrogen and oxygen atoms in total. The zero-order chi connectivity index (χ0) is 4.50. The first-order chi connectivity index (χ1) is 2.00. The van der Waals surface area contributed by atoms with Crippen LogP contribution in [0.4, 0.5) is 0 Å². The summed E-state index contributed by atoms with van der Waals surface area (Å²) in [6.07, 6.45) is 0. The average molecular weight is 299 g/mol. The smallest absolute Gasteiger partial charge is 0 e. The van der Waals surface area contributed by atoms with E-state index in [2.05, 4.69) is 30.0 Å². The molecule has 0 aliphatic heterocycles. The second-order valence-corrected chi connectivity index (χ2v) is 4.10. The van der Waals surface area contributed by atoms with Gasteiger partial charge in [-0.2, -0.15) is 0 Å². The summed E-state index contributed by atoms with van der Waals surface area (Å²) >= 11 is 0. The summed E-state index contributed by atoms with van der Waals surface area (Å²) in [4.78, 5) is 0. The Bertz CT molecular complexity index is 24.0. The summed E-state index contributed by atoms with van der Waals surface area (Å²) in [5.41, 5.74) is 0. The molecule has 0 saturated heterocycles. The van der Waals surface area contributed by atoms with E-state index < -0.39 is 0 Å². The van der Waals surface area contributed by atoms with Crippen molar-refractivity contribution in [3.8, 4) is 0 Å². The van der Waals surface area contributed by atoms with Gasteiger partial charge in [0, 0.05) is 25.8 Å². The molecule has 0 rings (SSSR count). The molecule has 0 aliphatic carbocycles. The molecule has 52 valence electrons. The molecule has 0 aromatic rings. The maximum absolute atomic E-state index is 2.72. The van der Waals surface area contributed by atoms with E-state index in [0.29, 0.717) is 5.16 Å². The van der Waals surface area contributed by atoms with Crippen LogP contribution in [-0.4, -0.2) is 5.16 Å². The number of rotatable bonds is 0. The minimum Gasteiger partial charge on any atom is -0.358 e. The van der Waals surface area contributed by atoms with Gasteiger partial charge < -0.3 is 14.9 Å².